The highest BCUT2D eigenvalue weighted by atomic mass is 14.8. The third-order valence-corrected chi connectivity index (χ3v) is 4.81. The Labute approximate surface area is 148 Å². The van der Waals surface area contributed by atoms with Crippen molar-refractivity contribution in [2.24, 2.45) is 0 Å². The molecule has 0 bridgehead atoms. The number of benzene rings is 4. The topological polar surface area (TPSA) is 73.4 Å². The second-order valence-electron chi connectivity index (χ2n) is 6.13. The lowest BCUT2D eigenvalue weighted by molar-refractivity contribution is 1.31. The molecule has 4 aromatic carbocycles. The average molecular weight is 330 g/mol. The van der Waals surface area contributed by atoms with Gasteiger partial charge in [-0.2, -0.15) is 10.5 Å². The van der Waals surface area contributed by atoms with Crippen LogP contribution in [0.4, 0.5) is 0 Å². The van der Waals surface area contributed by atoms with Crippen molar-refractivity contribution in [1.82, 2.24) is 9.97 Å². The van der Waals surface area contributed by atoms with Crippen LogP contribution in [0, 0.1) is 22.7 Å². The first-order valence-electron chi connectivity index (χ1n) is 8.14. The third-order valence-electron chi connectivity index (χ3n) is 4.81. The number of aromatic nitrogens is 2. The van der Waals surface area contributed by atoms with Crippen LogP contribution >= 0.6 is 0 Å². The van der Waals surface area contributed by atoms with Gasteiger partial charge in [-0.05, 0) is 33.7 Å². The zero-order chi connectivity index (χ0) is 17.7. The number of rotatable bonds is 0. The van der Waals surface area contributed by atoms with Gasteiger partial charge in [-0.1, -0.05) is 36.4 Å². The van der Waals surface area contributed by atoms with Gasteiger partial charge >= 0.3 is 0 Å². The number of hydrogen-bond acceptors (Lipinski definition) is 4. The smallest absolute Gasteiger partial charge is 0.101 e. The van der Waals surface area contributed by atoms with Gasteiger partial charge in [0.25, 0.3) is 0 Å². The van der Waals surface area contributed by atoms with E-state index in [4.69, 9.17) is 0 Å². The molecule has 0 aliphatic rings. The summed E-state index contributed by atoms with van der Waals surface area (Å²) in [6.07, 6.45) is 3.33. The van der Waals surface area contributed by atoms with E-state index in [-0.39, 0.29) is 0 Å². The lowest BCUT2D eigenvalue weighted by atomic mass is 9.92. The Morgan fingerprint density at radius 1 is 0.654 bits per heavy atom. The molecule has 4 heteroatoms. The standard InChI is InChI=1S/C22H10N4/c23-11-14-9-18-19(10-15(14)12-24)22-21(25-7-8-26-22)17-6-5-13-3-1-2-4-16(13)20(17)18/h1-10H. The van der Waals surface area contributed by atoms with Crippen LogP contribution < -0.4 is 0 Å². The normalized spacial score (nSPS) is 11.0. The Morgan fingerprint density at radius 2 is 1.31 bits per heavy atom. The molecule has 0 fully saturated rings. The molecule has 0 atom stereocenters. The maximum absolute atomic E-state index is 9.48. The Hall–Kier alpha value is -4.02. The average Bonchev–Trinajstić information content (AvgIpc) is 2.72. The van der Waals surface area contributed by atoms with E-state index in [2.05, 4.69) is 46.4 Å². The molecule has 0 aliphatic heterocycles. The monoisotopic (exact) mass is 330 g/mol. The molecule has 0 spiro atoms. The van der Waals surface area contributed by atoms with E-state index in [1.165, 1.54) is 0 Å². The molecule has 0 N–H and O–H groups in total. The summed E-state index contributed by atoms with van der Waals surface area (Å²) in [6.45, 7) is 0. The fourth-order valence-electron chi connectivity index (χ4n) is 3.68. The van der Waals surface area contributed by atoms with E-state index >= 15 is 0 Å². The molecule has 0 amide bonds. The minimum atomic E-state index is 0.353. The summed E-state index contributed by atoms with van der Waals surface area (Å²) in [7, 11) is 0. The van der Waals surface area contributed by atoms with Gasteiger partial charge in [0, 0.05) is 23.2 Å². The summed E-state index contributed by atoms with van der Waals surface area (Å²) in [5.41, 5.74) is 2.27. The van der Waals surface area contributed by atoms with Crippen LogP contribution in [0.3, 0.4) is 0 Å². The van der Waals surface area contributed by atoms with Crippen molar-refractivity contribution in [1.29, 1.82) is 10.5 Å². The van der Waals surface area contributed by atoms with Crippen LogP contribution in [-0.2, 0) is 0 Å². The van der Waals surface area contributed by atoms with Crippen molar-refractivity contribution < 1.29 is 0 Å². The van der Waals surface area contributed by atoms with Crippen molar-refractivity contribution in [3.63, 3.8) is 0 Å². The van der Waals surface area contributed by atoms with Gasteiger partial charge < -0.3 is 0 Å². The van der Waals surface area contributed by atoms with E-state index in [0.717, 1.165) is 43.4 Å². The molecule has 26 heavy (non-hydrogen) atoms. The van der Waals surface area contributed by atoms with Crippen molar-refractivity contribution in [3.8, 4) is 12.1 Å². The predicted octanol–water partition coefficient (Wildman–Crippen LogP) is 4.83. The Balaban J connectivity index is 2.20. The van der Waals surface area contributed by atoms with Crippen LogP contribution in [0.25, 0.3) is 43.4 Å². The van der Waals surface area contributed by atoms with Crippen molar-refractivity contribution in [2.45, 2.75) is 0 Å². The Morgan fingerprint density at radius 3 is 2.04 bits per heavy atom. The highest BCUT2D eigenvalue weighted by molar-refractivity contribution is 6.30. The Bertz CT molecular complexity index is 1450. The van der Waals surface area contributed by atoms with Gasteiger partial charge in [-0.3, -0.25) is 9.97 Å². The first-order chi connectivity index (χ1) is 12.8. The van der Waals surface area contributed by atoms with Gasteiger partial charge in [0.2, 0.25) is 0 Å². The van der Waals surface area contributed by atoms with Crippen LogP contribution in [0.5, 0.6) is 0 Å². The molecule has 118 valence electrons. The van der Waals surface area contributed by atoms with Crippen LogP contribution in [0.15, 0.2) is 60.9 Å². The molecule has 5 aromatic rings. The maximum Gasteiger partial charge on any atom is 0.101 e. The zero-order valence-corrected chi connectivity index (χ0v) is 13.6. The molecule has 0 saturated carbocycles. The zero-order valence-electron chi connectivity index (χ0n) is 13.6. The molecular weight excluding hydrogens is 320 g/mol. The number of hydrogen-bond donors (Lipinski definition) is 0. The quantitative estimate of drug-likeness (QED) is 0.381. The van der Waals surface area contributed by atoms with E-state index in [1.807, 2.05) is 12.1 Å². The molecule has 0 unspecified atom stereocenters. The van der Waals surface area contributed by atoms with Gasteiger partial charge in [0.15, 0.2) is 0 Å². The molecular formula is C22H10N4. The molecule has 1 aromatic heterocycles. The highest BCUT2D eigenvalue weighted by Gasteiger charge is 2.15. The van der Waals surface area contributed by atoms with Crippen molar-refractivity contribution in [3.05, 3.63) is 72.1 Å². The number of fused-ring (bicyclic) bond motifs is 8. The SMILES string of the molecule is N#Cc1cc2c(cc1C#N)c1c3ccccc3ccc1c1nccnc21. The predicted molar refractivity (Wildman–Crippen MR) is 101 cm³/mol. The largest absolute Gasteiger partial charge is 0.252 e. The molecule has 0 radical (unpaired) electrons. The number of nitrogens with zero attached hydrogens (tertiary/aromatic N) is 4. The van der Waals surface area contributed by atoms with E-state index in [0.29, 0.717) is 11.1 Å². The summed E-state index contributed by atoms with van der Waals surface area (Å²) in [4.78, 5) is 9.07. The first-order valence-corrected chi connectivity index (χ1v) is 8.14. The molecule has 4 nitrogen and oxygen atoms in total. The summed E-state index contributed by atoms with van der Waals surface area (Å²) < 4.78 is 0. The van der Waals surface area contributed by atoms with E-state index in [9.17, 15) is 10.5 Å². The molecule has 5 rings (SSSR count). The van der Waals surface area contributed by atoms with Crippen LogP contribution in [0.2, 0.25) is 0 Å². The van der Waals surface area contributed by atoms with Gasteiger partial charge in [-0.25, -0.2) is 0 Å². The fourth-order valence-corrected chi connectivity index (χ4v) is 3.68. The van der Waals surface area contributed by atoms with Crippen LogP contribution in [0.1, 0.15) is 11.1 Å². The van der Waals surface area contributed by atoms with Gasteiger partial charge in [0.1, 0.15) is 12.1 Å². The summed E-state index contributed by atoms with van der Waals surface area (Å²) >= 11 is 0. The van der Waals surface area contributed by atoms with E-state index < -0.39 is 0 Å². The minimum Gasteiger partial charge on any atom is -0.252 e. The Kier molecular flexibility index (Phi) is 2.89. The lowest BCUT2D eigenvalue weighted by Crippen LogP contribution is -1.92. The summed E-state index contributed by atoms with van der Waals surface area (Å²) in [5, 5.41) is 24.9. The van der Waals surface area contributed by atoms with Crippen molar-refractivity contribution in [2.75, 3.05) is 0 Å². The van der Waals surface area contributed by atoms with Crippen LogP contribution in [-0.4, -0.2) is 9.97 Å². The third kappa shape index (κ3) is 1.81. The number of nitriles is 2. The second-order valence-corrected chi connectivity index (χ2v) is 6.13. The maximum atomic E-state index is 9.48. The summed E-state index contributed by atoms with van der Waals surface area (Å²) in [6, 6.07) is 20.1. The molecule has 1 heterocycles. The fraction of sp³-hybridized carbons (Fsp3) is 0. The lowest BCUT2D eigenvalue weighted by Gasteiger charge is -2.12. The first kappa shape index (κ1) is 14.3. The van der Waals surface area contributed by atoms with Gasteiger partial charge in [-0.15, -0.1) is 0 Å². The van der Waals surface area contributed by atoms with E-state index in [1.54, 1.807) is 24.5 Å². The van der Waals surface area contributed by atoms with Gasteiger partial charge in [0.05, 0.1) is 22.2 Å². The second kappa shape index (κ2) is 5.24. The van der Waals surface area contributed by atoms with Crippen molar-refractivity contribution >= 4 is 43.4 Å². The summed E-state index contributed by atoms with van der Waals surface area (Å²) in [5.74, 6) is 0. The minimum absolute atomic E-state index is 0.353. The molecule has 0 saturated heterocycles. The molecule has 0 aliphatic carbocycles. The highest BCUT2D eigenvalue weighted by Crippen LogP contribution is 2.38.